The maximum atomic E-state index is 12.0. The van der Waals surface area contributed by atoms with E-state index in [0.717, 1.165) is 5.56 Å². The molecule has 106 valence electrons. The Hall–Kier alpha value is -1.44. The van der Waals surface area contributed by atoms with Crippen LogP contribution in [0.15, 0.2) is 11.0 Å². The van der Waals surface area contributed by atoms with Crippen molar-refractivity contribution in [1.82, 2.24) is 9.55 Å². The fourth-order valence-corrected chi connectivity index (χ4v) is 2.27. The second-order valence-electron chi connectivity index (χ2n) is 4.95. The normalized spacial score (nSPS) is 26.7. The smallest absolute Gasteiger partial charge is 0.351 e. The minimum absolute atomic E-state index is 0.269. The van der Waals surface area contributed by atoms with Crippen molar-refractivity contribution in [3.05, 3.63) is 22.2 Å². The van der Waals surface area contributed by atoms with Crippen LogP contribution in [0.5, 0.6) is 0 Å². The molecule has 7 nitrogen and oxygen atoms in total. The first kappa shape index (κ1) is 14.0. The van der Waals surface area contributed by atoms with E-state index in [1.165, 1.54) is 4.57 Å². The highest BCUT2D eigenvalue weighted by Crippen LogP contribution is 2.28. The van der Waals surface area contributed by atoms with Gasteiger partial charge in [-0.15, -0.1) is 0 Å². The molecule has 0 saturated carbocycles. The fraction of sp³-hybridized carbons (Fsp3) is 0.667. The molecule has 1 aromatic heterocycles. The van der Waals surface area contributed by atoms with E-state index in [4.69, 9.17) is 9.84 Å². The van der Waals surface area contributed by atoms with Crippen LogP contribution in [0.2, 0.25) is 0 Å². The van der Waals surface area contributed by atoms with Gasteiger partial charge in [0.25, 0.3) is 0 Å². The highest BCUT2D eigenvalue weighted by atomic mass is 16.5. The number of aliphatic hydroxyl groups excluding tert-OH is 2. The molecule has 0 radical (unpaired) electrons. The third kappa shape index (κ3) is 2.63. The minimum atomic E-state index is -0.768. The Balaban J connectivity index is 2.32. The highest BCUT2D eigenvalue weighted by molar-refractivity contribution is 5.42. The molecule has 1 aromatic rings. The topological polar surface area (TPSA) is 87.8 Å². The average Bonchev–Trinajstić information content (AvgIpc) is 2.72. The molecule has 1 saturated heterocycles. The van der Waals surface area contributed by atoms with Gasteiger partial charge in [0, 0.05) is 32.3 Å². The zero-order valence-electron chi connectivity index (χ0n) is 11.3. The van der Waals surface area contributed by atoms with Crippen LogP contribution in [-0.4, -0.2) is 52.7 Å². The van der Waals surface area contributed by atoms with Crippen LogP contribution >= 0.6 is 0 Å². The standard InChI is InChI=1S/C12H19N3O4/c1-7-5-15(12(18)13-11(7)14(2)3)10-4-8(17)9(6-16)19-10/h5,8-10,16-17H,4,6H2,1-3H3/t8-,9+,10+/m1/s1. The summed E-state index contributed by atoms with van der Waals surface area (Å²) in [6, 6.07) is 0. The summed E-state index contributed by atoms with van der Waals surface area (Å²) in [4.78, 5) is 17.8. The van der Waals surface area contributed by atoms with Gasteiger partial charge in [-0.2, -0.15) is 4.98 Å². The van der Waals surface area contributed by atoms with Gasteiger partial charge in [-0.1, -0.05) is 0 Å². The van der Waals surface area contributed by atoms with Gasteiger partial charge < -0.3 is 19.8 Å². The van der Waals surface area contributed by atoms with E-state index in [1.54, 1.807) is 11.1 Å². The molecule has 19 heavy (non-hydrogen) atoms. The molecule has 7 heteroatoms. The van der Waals surface area contributed by atoms with Crippen molar-refractivity contribution in [2.45, 2.75) is 31.8 Å². The molecule has 2 N–H and O–H groups in total. The lowest BCUT2D eigenvalue weighted by Crippen LogP contribution is -2.30. The van der Waals surface area contributed by atoms with Gasteiger partial charge >= 0.3 is 5.69 Å². The summed E-state index contributed by atoms with van der Waals surface area (Å²) in [5, 5.41) is 18.7. The van der Waals surface area contributed by atoms with E-state index in [-0.39, 0.29) is 13.0 Å². The summed E-state index contributed by atoms with van der Waals surface area (Å²) in [6.07, 6.45) is -0.0569. The molecule has 1 aliphatic rings. The quantitative estimate of drug-likeness (QED) is 0.751. The molecule has 0 unspecified atom stereocenters. The van der Waals surface area contributed by atoms with Crippen molar-refractivity contribution in [3.63, 3.8) is 0 Å². The molecule has 2 rings (SSSR count). The zero-order chi connectivity index (χ0) is 14.2. The third-order valence-electron chi connectivity index (χ3n) is 3.23. The van der Waals surface area contributed by atoms with Gasteiger partial charge in [-0.3, -0.25) is 4.57 Å². The summed E-state index contributed by atoms with van der Waals surface area (Å²) in [7, 11) is 3.63. The van der Waals surface area contributed by atoms with Crippen molar-refractivity contribution in [1.29, 1.82) is 0 Å². The second kappa shape index (κ2) is 5.28. The molecule has 0 aliphatic carbocycles. The van der Waals surface area contributed by atoms with E-state index in [2.05, 4.69) is 4.98 Å². The van der Waals surface area contributed by atoms with Crippen LogP contribution in [-0.2, 0) is 4.74 Å². The van der Waals surface area contributed by atoms with Gasteiger partial charge in [0.2, 0.25) is 0 Å². The SMILES string of the molecule is Cc1cn([C@@H]2C[C@@H](O)[C@H](CO)O2)c(=O)nc1N(C)C. The first-order valence-corrected chi connectivity index (χ1v) is 6.15. The number of rotatable bonds is 3. The Labute approximate surface area is 111 Å². The highest BCUT2D eigenvalue weighted by Gasteiger charge is 2.35. The van der Waals surface area contributed by atoms with Gasteiger partial charge in [-0.25, -0.2) is 4.79 Å². The number of aliphatic hydroxyl groups is 2. The zero-order valence-corrected chi connectivity index (χ0v) is 11.3. The molecule has 0 aromatic carbocycles. The molecule has 0 spiro atoms. The van der Waals surface area contributed by atoms with Crippen molar-refractivity contribution >= 4 is 5.82 Å². The summed E-state index contributed by atoms with van der Waals surface area (Å²) < 4.78 is 6.82. The summed E-state index contributed by atoms with van der Waals surface area (Å²) in [5.41, 5.74) is 0.417. The number of ether oxygens (including phenoxy) is 1. The van der Waals surface area contributed by atoms with Crippen LogP contribution in [0.1, 0.15) is 18.2 Å². The summed E-state index contributed by atoms with van der Waals surface area (Å²) in [5.74, 6) is 0.610. The monoisotopic (exact) mass is 269 g/mol. The van der Waals surface area contributed by atoms with E-state index in [1.807, 2.05) is 21.0 Å². The number of hydrogen-bond acceptors (Lipinski definition) is 6. The lowest BCUT2D eigenvalue weighted by Gasteiger charge is -2.18. The molecule has 0 amide bonds. The van der Waals surface area contributed by atoms with E-state index in [9.17, 15) is 9.90 Å². The van der Waals surface area contributed by atoms with E-state index >= 15 is 0 Å². The molecule has 1 fully saturated rings. The first-order chi connectivity index (χ1) is 8.93. The Morgan fingerprint density at radius 3 is 2.79 bits per heavy atom. The van der Waals surface area contributed by atoms with Crippen LogP contribution in [0.25, 0.3) is 0 Å². The van der Waals surface area contributed by atoms with Gasteiger partial charge in [0.1, 0.15) is 18.1 Å². The third-order valence-corrected chi connectivity index (χ3v) is 3.23. The molecular weight excluding hydrogens is 250 g/mol. The maximum absolute atomic E-state index is 12.0. The predicted octanol–water partition coefficient (Wildman–Crippen LogP) is -0.742. The summed E-state index contributed by atoms with van der Waals surface area (Å²) in [6.45, 7) is 1.59. The van der Waals surface area contributed by atoms with Gasteiger partial charge in [0.05, 0.1) is 12.7 Å². The lowest BCUT2D eigenvalue weighted by molar-refractivity contribution is -0.0459. The predicted molar refractivity (Wildman–Crippen MR) is 69.2 cm³/mol. The minimum Gasteiger partial charge on any atom is -0.394 e. The van der Waals surface area contributed by atoms with Crippen LogP contribution < -0.4 is 10.6 Å². The molecule has 1 aliphatic heterocycles. The second-order valence-corrected chi connectivity index (χ2v) is 4.95. The van der Waals surface area contributed by atoms with E-state index < -0.39 is 24.1 Å². The molecule has 3 atom stereocenters. The van der Waals surface area contributed by atoms with Crippen molar-refractivity contribution in [2.75, 3.05) is 25.6 Å². The molecule has 2 heterocycles. The number of hydrogen-bond donors (Lipinski definition) is 2. The number of anilines is 1. The van der Waals surface area contributed by atoms with Crippen LogP contribution in [0.4, 0.5) is 5.82 Å². The number of nitrogens with zero attached hydrogens (tertiary/aromatic N) is 3. The maximum Gasteiger partial charge on any atom is 0.351 e. The Kier molecular flexibility index (Phi) is 3.88. The lowest BCUT2D eigenvalue weighted by atomic mass is 10.2. The van der Waals surface area contributed by atoms with Gasteiger partial charge in [0.15, 0.2) is 0 Å². The van der Waals surface area contributed by atoms with Gasteiger partial charge in [-0.05, 0) is 6.92 Å². The fourth-order valence-electron chi connectivity index (χ4n) is 2.27. The Morgan fingerprint density at radius 2 is 2.26 bits per heavy atom. The van der Waals surface area contributed by atoms with Crippen molar-refractivity contribution < 1.29 is 14.9 Å². The average molecular weight is 269 g/mol. The first-order valence-electron chi connectivity index (χ1n) is 6.15. The summed E-state index contributed by atoms with van der Waals surface area (Å²) >= 11 is 0. The molecule has 0 bridgehead atoms. The van der Waals surface area contributed by atoms with Crippen molar-refractivity contribution in [3.8, 4) is 0 Å². The number of aromatic nitrogens is 2. The number of aryl methyl sites for hydroxylation is 1. The Morgan fingerprint density at radius 1 is 1.58 bits per heavy atom. The van der Waals surface area contributed by atoms with Crippen LogP contribution in [0.3, 0.4) is 0 Å². The largest absolute Gasteiger partial charge is 0.394 e. The molecular formula is C12H19N3O4. The van der Waals surface area contributed by atoms with Crippen molar-refractivity contribution in [2.24, 2.45) is 0 Å². The van der Waals surface area contributed by atoms with Crippen LogP contribution in [0, 0.1) is 6.92 Å². The Bertz CT molecular complexity index is 514. The van der Waals surface area contributed by atoms with E-state index in [0.29, 0.717) is 5.82 Å².